The normalized spacial score (nSPS) is 12.8. The first-order chi connectivity index (χ1) is 19.9. The van der Waals surface area contributed by atoms with Crippen LogP contribution in [0.1, 0.15) is 0 Å². The van der Waals surface area contributed by atoms with Gasteiger partial charge in [0.25, 0.3) is 0 Å². The van der Waals surface area contributed by atoms with Gasteiger partial charge in [0.1, 0.15) is 11.2 Å². The van der Waals surface area contributed by atoms with E-state index in [9.17, 15) is 35.1 Å². The summed E-state index contributed by atoms with van der Waals surface area (Å²) in [5.74, 6) is -24.8. The van der Waals surface area contributed by atoms with Crippen LogP contribution in [0.15, 0.2) is 21.0 Å². The zero-order valence-corrected chi connectivity index (χ0v) is 19.5. The highest BCUT2D eigenvalue weighted by Crippen LogP contribution is 2.50. The van der Waals surface area contributed by atoms with Crippen LogP contribution in [-0.4, -0.2) is 0 Å². The number of hydrogen-bond acceptors (Lipinski definition) is 2. The largest absolute Gasteiger partial charge is 0.452 e. The predicted molar refractivity (Wildman–Crippen MR) is 124 cm³/mol. The van der Waals surface area contributed by atoms with Gasteiger partial charge in [-0.2, -0.15) is 8.78 Å². The standard InChI is InChI=1S/C28H2F12O2/c29-13-3-1-5-9-15(31)19(35)21(37)23(39)27(9)41-25(5)11-7(3)8-4(14(30)18(11)34)2-6-10-16(32)20(36)22(38)24(40)28(10)42-26(6)12(8)17(13)33/h1-2H. The fourth-order valence-corrected chi connectivity index (χ4v) is 5.75. The number of fused-ring (bicyclic) bond motifs is 8. The maximum Gasteiger partial charge on any atom is 0.205 e. The van der Waals surface area contributed by atoms with E-state index in [1.54, 1.807) is 0 Å². The number of benzene rings is 6. The van der Waals surface area contributed by atoms with Gasteiger partial charge in [0.05, 0.1) is 21.5 Å². The van der Waals surface area contributed by atoms with Crippen LogP contribution in [0.3, 0.4) is 0 Å². The molecule has 0 saturated heterocycles. The van der Waals surface area contributed by atoms with E-state index < -0.39 is 146 Å². The molecular formula is C28H2F12O2. The Bertz CT molecular complexity index is 2420. The van der Waals surface area contributed by atoms with E-state index in [0.29, 0.717) is 12.1 Å². The topological polar surface area (TPSA) is 26.3 Å². The van der Waals surface area contributed by atoms with Gasteiger partial charge in [-0.25, -0.2) is 43.9 Å². The number of halogens is 12. The zero-order valence-electron chi connectivity index (χ0n) is 19.5. The summed E-state index contributed by atoms with van der Waals surface area (Å²) in [7, 11) is 0. The monoisotopic (exact) mass is 598 g/mol. The second kappa shape index (κ2) is 7.49. The van der Waals surface area contributed by atoms with E-state index in [4.69, 9.17) is 8.83 Å². The van der Waals surface area contributed by atoms with Gasteiger partial charge < -0.3 is 8.83 Å². The highest BCUT2D eigenvalue weighted by molar-refractivity contribution is 6.35. The van der Waals surface area contributed by atoms with E-state index in [1.165, 1.54) is 0 Å². The van der Waals surface area contributed by atoms with Crippen molar-refractivity contribution >= 4 is 76.2 Å². The summed E-state index contributed by atoms with van der Waals surface area (Å²) in [6.07, 6.45) is 0. The first-order valence-electron chi connectivity index (χ1n) is 11.5. The minimum Gasteiger partial charge on any atom is -0.452 e. The lowest BCUT2D eigenvalue weighted by molar-refractivity contribution is 0.411. The van der Waals surface area contributed by atoms with Crippen LogP contribution < -0.4 is 0 Å². The fraction of sp³-hybridized carbons (Fsp3) is 0. The second-order valence-electron chi connectivity index (χ2n) is 9.48. The minimum atomic E-state index is -2.30. The Morgan fingerprint density at radius 3 is 0.929 bits per heavy atom. The summed E-state index contributed by atoms with van der Waals surface area (Å²) < 4.78 is 187. The molecule has 42 heavy (non-hydrogen) atoms. The lowest BCUT2D eigenvalue weighted by atomic mass is 9.90. The quantitative estimate of drug-likeness (QED) is 0.0752. The summed E-state index contributed by atoms with van der Waals surface area (Å²) >= 11 is 0. The summed E-state index contributed by atoms with van der Waals surface area (Å²) in [5.41, 5.74) is -4.41. The Balaban J connectivity index is 1.72. The van der Waals surface area contributed by atoms with Crippen molar-refractivity contribution in [2.75, 3.05) is 0 Å². The molecule has 2 nitrogen and oxygen atoms in total. The van der Waals surface area contributed by atoms with E-state index in [-0.39, 0.29) is 0 Å². The highest BCUT2D eigenvalue weighted by atomic mass is 19.2. The highest BCUT2D eigenvalue weighted by Gasteiger charge is 2.34. The van der Waals surface area contributed by atoms with Crippen molar-refractivity contribution in [2.24, 2.45) is 0 Å². The Labute approximate surface area is 220 Å². The molecule has 0 saturated carbocycles. The van der Waals surface area contributed by atoms with Gasteiger partial charge >= 0.3 is 0 Å². The molecule has 6 aromatic carbocycles. The molecule has 0 aliphatic rings. The minimum absolute atomic E-state index is 0.602. The van der Waals surface area contributed by atoms with Gasteiger partial charge in [0.2, 0.25) is 23.3 Å². The first-order valence-corrected chi connectivity index (χ1v) is 11.5. The third-order valence-corrected chi connectivity index (χ3v) is 7.50. The second-order valence-corrected chi connectivity index (χ2v) is 9.48. The van der Waals surface area contributed by atoms with Crippen molar-refractivity contribution in [1.29, 1.82) is 0 Å². The van der Waals surface area contributed by atoms with E-state index >= 15 is 17.6 Å². The van der Waals surface area contributed by atoms with Crippen LogP contribution in [0.4, 0.5) is 52.7 Å². The predicted octanol–water partition coefficient (Wildman–Crippen LogP) is 10.1. The maximum absolute atomic E-state index is 15.7. The van der Waals surface area contributed by atoms with Crippen LogP contribution in [0.25, 0.3) is 76.2 Å². The molecule has 210 valence electrons. The van der Waals surface area contributed by atoms with Gasteiger partial charge in [0.15, 0.2) is 57.7 Å². The third-order valence-electron chi connectivity index (χ3n) is 7.50. The van der Waals surface area contributed by atoms with Crippen molar-refractivity contribution in [3.8, 4) is 0 Å². The lowest BCUT2D eigenvalue weighted by Crippen LogP contribution is -1.99. The van der Waals surface area contributed by atoms with Crippen LogP contribution >= 0.6 is 0 Å². The van der Waals surface area contributed by atoms with Gasteiger partial charge in [-0.3, -0.25) is 0 Å². The maximum atomic E-state index is 15.7. The molecular weight excluding hydrogens is 596 g/mol. The summed E-state index contributed by atoms with van der Waals surface area (Å²) in [4.78, 5) is 0. The average molecular weight is 598 g/mol. The smallest absolute Gasteiger partial charge is 0.205 e. The summed E-state index contributed by atoms with van der Waals surface area (Å²) in [6, 6.07) is 1.20. The molecule has 0 radical (unpaired) electrons. The Kier molecular flexibility index (Phi) is 4.44. The molecule has 8 rings (SSSR count). The Morgan fingerprint density at radius 2 is 0.571 bits per heavy atom. The molecule has 0 unspecified atom stereocenters. The molecule has 0 bridgehead atoms. The number of rotatable bonds is 0. The van der Waals surface area contributed by atoms with Crippen molar-refractivity contribution in [1.82, 2.24) is 0 Å². The zero-order chi connectivity index (χ0) is 29.8. The molecule has 14 heteroatoms. The molecule has 0 spiro atoms. The summed E-state index contributed by atoms with van der Waals surface area (Å²) in [5, 5.41) is -9.08. The first kappa shape index (κ1) is 24.9. The van der Waals surface area contributed by atoms with Gasteiger partial charge in [-0.15, -0.1) is 0 Å². The van der Waals surface area contributed by atoms with Crippen molar-refractivity contribution in [2.45, 2.75) is 0 Å². The van der Waals surface area contributed by atoms with E-state index in [2.05, 4.69) is 0 Å². The van der Waals surface area contributed by atoms with Crippen molar-refractivity contribution in [3.05, 3.63) is 81.9 Å². The third kappa shape index (κ3) is 2.53. The molecule has 0 N–H and O–H groups in total. The van der Waals surface area contributed by atoms with Gasteiger partial charge in [0, 0.05) is 32.3 Å². The molecule has 0 aliphatic heterocycles. The van der Waals surface area contributed by atoms with E-state index in [1.807, 2.05) is 0 Å². The molecule has 2 aromatic heterocycles. The SMILES string of the molecule is Fc1c(F)c(F)c2c(oc3c2cc2c(F)c(F)c4c5oc6c(F)c(F)c(F)c(F)c6c5cc5c(F)c(F)c3c2c54)c1F. The van der Waals surface area contributed by atoms with Crippen LogP contribution in [0.5, 0.6) is 0 Å². The number of furan rings is 2. The lowest BCUT2D eigenvalue weighted by Gasteiger charge is -2.15. The molecule has 0 aliphatic carbocycles. The molecule has 2 heterocycles. The average Bonchev–Trinajstić information content (AvgIpc) is 3.55. The van der Waals surface area contributed by atoms with Crippen LogP contribution in [-0.2, 0) is 0 Å². The Hall–Kier alpha value is -4.88. The molecule has 0 atom stereocenters. The van der Waals surface area contributed by atoms with Gasteiger partial charge in [-0.05, 0) is 12.1 Å². The molecule has 0 fully saturated rings. The Morgan fingerprint density at radius 1 is 0.262 bits per heavy atom. The summed E-state index contributed by atoms with van der Waals surface area (Å²) in [6.45, 7) is 0. The van der Waals surface area contributed by atoms with Crippen LogP contribution in [0, 0.1) is 69.8 Å². The fourth-order valence-electron chi connectivity index (χ4n) is 5.75. The number of hydrogen-bond donors (Lipinski definition) is 0. The van der Waals surface area contributed by atoms with Gasteiger partial charge in [-0.1, -0.05) is 0 Å². The molecule has 0 amide bonds. The van der Waals surface area contributed by atoms with Crippen LogP contribution in [0.2, 0.25) is 0 Å². The van der Waals surface area contributed by atoms with E-state index in [0.717, 1.165) is 0 Å². The van der Waals surface area contributed by atoms with Crippen molar-refractivity contribution < 1.29 is 61.5 Å². The van der Waals surface area contributed by atoms with Crippen molar-refractivity contribution in [3.63, 3.8) is 0 Å². The molecule has 8 aromatic rings.